The molecule has 0 amide bonds. The number of carbonyl (C=O) groups excluding carboxylic acids is 1. The summed E-state index contributed by atoms with van der Waals surface area (Å²) in [4.78, 5) is 24.1. The number of anilines is 1. The molecular weight excluding hydrogens is 343 g/mol. The Hall–Kier alpha value is -1.83. The zero-order chi connectivity index (χ0) is 18.4. The van der Waals surface area contributed by atoms with Gasteiger partial charge in [-0.2, -0.15) is 0 Å². The average Bonchev–Trinajstić information content (AvgIpc) is 2.95. The fourth-order valence-electron chi connectivity index (χ4n) is 2.13. The van der Waals surface area contributed by atoms with Gasteiger partial charge in [-0.1, -0.05) is 0 Å². The predicted molar refractivity (Wildman–Crippen MR) is 97.3 cm³/mol. The van der Waals surface area contributed by atoms with Crippen molar-refractivity contribution in [1.82, 2.24) is 24.6 Å². The van der Waals surface area contributed by atoms with Crippen LogP contribution >= 0.6 is 8.73 Å². The minimum atomic E-state index is -0.350. The molecule has 2 unspecified atom stereocenters. The van der Waals surface area contributed by atoms with E-state index in [2.05, 4.69) is 20.0 Å². The lowest BCUT2D eigenvalue weighted by molar-refractivity contribution is -0.148. The van der Waals surface area contributed by atoms with Crippen LogP contribution in [0.4, 0.5) is 5.82 Å². The summed E-state index contributed by atoms with van der Waals surface area (Å²) < 4.78 is 12.8. The minimum absolute atomic E-state index is 0.0409. The average molecular weight is 368 g/mol. The summed E-state index contributed by atoms with van der Waals surface area (Å²) in [6.45, 7) is 8.01. The molecule has 0 aliphatic carbocycles. The molecule has 0 bridgehead atoms. The van der Waals surface area contributed by atoms with Gasteiger partial charge >= 0.3 is 5.97 Å². The van der Waals surface area contributed by atoms with Gasteiger partial charge in [-0.25, -0.2) is 15.0 Å². The second-order valence-corrected chi connectivity index (χ2v) is 6.91. The van der Waals surface area contributed by atoms with Crippen LogP contribution in [0.1, 0.15) is 27.7 Å². The lowest BCUT2D eigenvalue weighted by atomic mass is 10.4. The van der Waals surface area contributed by atoms with Gasteiger partial charge in [0.25, 0.3) is 0 Å². The highest BCUT2D eigenvalue weighted by Crippen LogP contribution is 2.16. The molecule has 25 heavy (non-hydrogen) atoms. The molecule has 3 N–H and O–H groups in total. The number of carbonyl (C=O) groups is 1. The van der Waals surface area contributed by atoms with Crippen LogP contribution in [0.3, 0.4) is 0 Å². The minimum Gasteiger partial charge on any atom is -0.462 e. The Bertz CT molecular complexity index is 708. The van der Waals surface area contributed by atoms with Gasteiger partial charge in [-0.05, 0) is 36.4 Å². The molecule has 0 saturated carbocycles. The number of aromatic nitrogens is 4. The maximum atomic E-state index is 11.7. The van der Waals surface area contributed by atoms with E-state index in [1.807, 2.05) is 25.3 Å². The summed E-state index contributed by atoms with van der Waals surface area (Å²) in [5.41, 5.74) is 7.06. The smallest absolute Gasteiger partial charge is 0.323 e. The molecule has 2 rings (SSSR count). The number of nitrogens with two attached hydrogens (primary N) is 1. The predicted octanol–water partition coefficient (Wildman–Crippen LogP) is 1.29. The Labute approximate surface area is 148 Å². The van der Waals surface area contributed by atoms with Crippen LogP contribution in [-0.4, -0.2) is 50.1 Å². The first-order chi connectivity index (χ1) is 11.9. The molecule has 0 aromatic carbocycles. The highest BCUT2D eigenvalue weighted by molar-refractivity contribution is 7.35. The van der Waals surface area contributed by atoms with Crippen LogP contribution in [0.5, 0.6) is 0 Å². The molecule has 0 saturated heterocycles. The van der Waals surface area contributed by atoms with Gasteiger partial charge in [0, 0.05) is 0 Å². The molecule has 3 atom stereocenters. The van der Waals surface area contributed by atoms with Crippen molar-refractivity contribution in [3.05, 3.63) is 12.7 Å². The molecule has 10 heteroatoms. The van der Waals surface area contributed by atoms with E-state index in [0.717, 1.165) is 0 Å². The van der Waals surface area contributed by atoms with Crippen LogP contribution in [0.15, 0.2) is 12.7 Å². The van der Waals surface area contributed by atoms with E-state index in [1.54, 1.807) is 13.3 Å². The van der Waals surface area contributed by atoms with E-state index < -0.39 is 0 Å². The summed E-state index contributed by atoms with van der Waals surface area (Å²) in [6.07, 6.45) is 3.45. The summed E-state index contributed by atoms with van der Waals surface area (Å²) in [5.74, 6) is 0.114. The zero-order valence-corrected chi connectivity index (χ0v) is 15.9. The third-order valence-electron chi connectivity index (χ3n) is 3.35. The van der Waals surface area contributed by atoms with E-state index >= 15 is 0 Å². The van der Waals surface area contributed by atoms with Gasteiger partial charge in [0.2, 0.25) is 0 Å². The summed E-state index contributed by atoms with van der Waals surface area (Å²) in [6, 6.07) is -0.350. The molecule has 0 fully saturated rings. The highest BCUT2D eigenvalue weighted by atomic mass is 31.1. The first-order valence-electron chi connectivity index (χ1n) is 8.10. The molecule has 0 aliphatic rings. The van der Waals surface area contributed by atoms with Crippen molar-refractivity contribution in [3.63, 3.8) is 0 Å². The first-order valence-corrected chi connectivity index (χ1v) is 9.31. The van der Waals surface area contributed by atoms with Crippen LogP contribution in [0.2, 0.25) is 0 Å². The van der Waals surface area contributed by atoms with Crippen molar-refractivity contribution in [3.8, 4) is 0 Å². The molecule has 2 aromatic heterocycles. The summed E-state index contributed by atoms with van der Waals surface area (Å²) in [7, 11) is 0.299. The number of ether oxygens (including phenoxy) is 2. The Morgan fingerprint density at radius 3 is 2.80 bits per heavy atom. The quantitative estimate of drug-likeness (QED) is 0.386. The maximum absolute atomic E-state index is 11.7. The number of imidazole rings is 1. The topological polar surface area (TPSA) is 117 Å². The van der Waals surface area contributed by atoms with Crippen LogP contribution in [-0.2, 0) is 20.8 Å². The fraction of sp³-hybridized carbons (Fsp3) is 0.600. The van der Waals surface area contributed by atoms with Crippen molar-refractivity contribution in [2.24, 2.45) is 0 Å². The number of hydrogen-bond acceptors (Lipinski definition) is 8. The normalized spacial score (nSPS) is 14.4. The molecule has 2 heterocycles. The Morgan fingerprint density at radius 1 is 1.32 bits per heavy atom. The number of hydrogen-bond donors (Lipinski definition) is 2. The number of nitrogen functional groups attached to an aromatic ring is 1. The van der Waals surface area contributed by atoms with E-state index in [-0.39, 0.29) is 24.2 Å². The van der Waals surface area contributed by atoms with E-state index in [9.17, 15) is 4.79 Å². The third kappa shape index (κ3) is 5.59. The molecule has 2 aromatic rings. The van der Waals surface area contributed by atoms with E-state index in [4.69, 9.17) is 15.2 Å². The Balaban J connectivity index is 1.74. The number of fused-ring (bicyclic) bond motifs is 1. The number of esters is 1. The van der Waals surface area contributed by atoms with Gasteiger partial charge in [0.05, 0.1) is 31.4 Å². The molecule has 0 radical (unpaired) electrons. The van der Waals surface area contributed by atoms with Gasteiger partial charge in [-0.15, -0.1) is 0 Å². The summed E-state index contributed by atoms with van der Waals surface area (Å²) in [5, 5.41) is 3.11. The van der Waals surface area contributed by atoms with Crippen molar-refractivity contribution < 1.29 is 14.3 Å². The van der Waals surface area contributed by atoms with Crippen LogP contribution < -0.4 is 10.8 Å². The molecule has 0 spiro atoms. The van der Waals surface area contributed by atoms with Gasteiger partial charge in [0.15, 0.2) is 11.5 Å². The Kier molecular flexibility index (Phi) is 7.04. The van der Waals surface area contributed by atoms with Gasteiger partial charge in [-0.3, -0.25) is 9.88 Å². The molecule has 0 aliphatic heterocycles. The second-order valence-electron chi connectivity index (χ2n) is 5.98. The largest absolute Gasteiger partial charge is 0.462 e. The van der Waals surface area contributed by atoms with E-state index in [1.165, 1.54) is 6.33 Å². The highest BCUT2D eigenvalue weighted by Gasteiger charge is 2.15. The lowest BCUT2D eigenvalue weighted by Gasteiger charge is -2.17. The zero-order valence-electron chi connectivity index (χ0n) is 14.9. The monoisotopic (exact) mass is 368 g/mol. The SMILES string of the molecule is CC(C)OC(=O)[C@H](C)NPCOC(C)Cn1cnc2c(N)ncnc21. The van der Waals surface area contributed by atoms with E-state index in [0.29, 0.717) is 38.6 Å². The van der Waals surface area contributed by atoms with Crippen LogP contribution in [0.25, 0.3) is 11.2 Å². The lowest BCUT2D eigenvalue weighted by Crippen LogP contribution is -2.32. The number of rotatable bonds is 9. The molecular formula is C15H25N6O3P. The number of nitrogens with one attached hydrogen (secondary N) is 1. The van der Waals surface area contributed by atoms with Gasteiger partial charge < -0.3 is 19.8 Å². The first kappa shape index (κ1) is 19.5. The van der Waals surface area contributed by atoms with Crippen LogP contribution in [0, 0.1) is 0 Å². The Morgan fingerprint density at radius 2 is 2.08 bits per heavy atom. The van der Waals surface area contributed by atoms with Crippen molar-refractivity contribution in [2.45, 2.75) is 52.5 Å². The summed E-state index contributed by atoms with van der Waals surface area (Å²) >= 11 is 0. The fourth-order valence-corrected chi connectivity index (χ4v) is 3.01. The van der Waals surface area contributed by atoms with Crippen molar-refractivity contribution in [1.29, 1.82) is 0 Å². The third-order valence-corrected chi connectivity index (χ3v) is 4.30. The molecule has 9 nitrogen and oxygen atoms in total. The standard InChI is InChI=1S/C15H25N6O3P/c1-9(2)24-15(22)11(4)20-25-8-23-10(3)5-21-7-19-12-13(16)17-6-18-14(12)21/h6-7,9-11,20,25H,5,8H2,1-4H3,(H2,16,17,18)/t10?,11-/m0/s1. The second kappa shape index (κ2) is 9.03. The van der Waals surface area contributed by atoms with Crippen molar-refractivity contribution >= 4 is 31.7 Å². The number of nitrogens with zero attached hydrogens (tertiary/aromatic N) is 4. The maximum Gasteiger partial charge on any atom is 0.323 e. The molecule has 138 valence electrons. The van der Waals surface area contributed by atoms with Crippen molar-refractivity contribution in [2.75, 3.05) is 12.1 Å². The van der Waals surface area contributed by atoms with Gasteiger partial charge in [0.1, 0.15) is 17.9 Å².